The van der Waals surface area contributed by atoms with Gasteiger partial charge in [0.15, 0.2) is 11.5 Å². The molecule has 1 amide bonds. The molecule has 8 heteroatoms. The van der Waals surface area contributed by atoms with Crippen molar-refractivity contribution in [2.24, 2.45) is 0 Å². The normalized spacial score (nSPS) is 16.7. The zero-order valence-corrected chi connectivity index (χ0v) is 23.0. The number of carbonyl (C=O) groups excluding carboxylic acids is 2. The lowest BCUT2D eigenvalue weighted by Crippen LogP contribution is -2.35. The maximum Gasteiger partial charge on any atom is 0.295 e. The van der Waals surface area contributed by atoms with Gasteiger partial charge in [0.1, 0.15) is 18.1 Å². The van der Waals surface area contributed by atoms with Crippen molar-refractivity contribution < 1.29 is 28.9 Å². The van der Waals surface area contributed by atoms with Gasteiger partial charge in [0.25, 0.3) is 11.7 Å². The summed E-state index contributed by atoms with van der Waals surface area (Å²) < 4.78 is 17.0. The summed E-state index contributed by atoms with van der Waals surface area (Å²) in [4.78, 5) is 30.0. The number of likely N-dealkylation sites (N-methyl/N-ethyl adjacent to an activating group) is 1. The lowest BCUT2D eigenvalue weighted by Gasteiger charge is -2.27. The molecule has 1 N–H and O–H groups in total. The van der Waals surface area contributed by atoms with Crippen LogP contribution in [0.4, 0.5) is 0 Å². The average Bonchev–Trinajstić information content (AvgIpc) is 3.16. The van der Waals surface area contributed by atoms with Crippen LogP contribution in [0.1, 0.15) is 42.5 Å². The van der Waals surface area contributed by atoms with Crippen molar-refractivity contribution >= 4 is 17.4 Å². The quantitative estimate of drug-likeness (QED) is 0.134. The number of methoxy groups -OCH3 is 1. The first-order valence-corrected chi connectivity index (χ1v) is 12.8. The average molecular weight is 523 g/mol. The summed E-state index contributed by atoms with van der Waals surface area (Å²) in [6.45, 7) is 9.41. The minimum Gasteiger partial charge on any atom is -0.507 e. The highest BCUT2D eigenvalue weighted by atomic mass is 16.5. The van der Waals surface area contributed by atoms with Crippen molar-refractivity contribution in [1.29, 1.82) is 0 Å². The number of nitrogens with zero attached hydrogens (tertiary/aromatic N) is 2. The van der Waals surface area contributed by atoms with Crippen molar-refractivity contribution in [1.82, 2.24) is 9.80 Å². The third-order valence-electron chi connectivity index (χ3n) is 6.39. The molecular weight excluding hydrogens is 484 g/mol. The van der Waals surface area contributed by atoms with E-state index in [0.29, 0.717) is 48.9 Å². The van der Waals surface area contributed by atoms with Gasteiger partial charge in [-0.05, 0) is 68.9 Å². The maximum atomic E-state index is 13.3. The van der Waals surface area contributed by atoms with Gasteiger partial charge in [-0.25, -0.2) is 0 Å². The maximum absolute atomic E-state index is 13.3. The van der Waals surface area contributed by atoms with E-state index in [9.17, 15) is 14.7 Å². The summed E-state index contributed by atoms with van der Waals surface area (Å²) in [7, 11) is 5.32. The predicted molar refractivity (Wildman–Crippen MR) is 148 cm³/mol. The Hall–Kier alpha value is -3.78. The van der Waals surface area contributed by atoms with Crippen molar-refractivity contribution in [3.63, 3.8) is 0 Å². The predicted octanol–water partition coefficient (Wildman–Crippen LogP) is 4.73. The number of carbonyl (C=O) groups is 2. The molecule has 1 saturated heterocycles. The monoisotopic (exact) mass is 522 g/mol. The van der Waals surface area contributed by atoms with Crippen LogP contribution in [-0.2, 0) is 9.59 Å². The number of hydrogen-bond donors (Lipinski definition) is 1. The van der Waals surface area contributed by atoms with E-state index in [0.717, 1.165) is 24.2 Å². The number of Topliss-reactive ketones (excluding diaryl/α,β-unsaturated/α-hetero) is 1. The molecule has 1 unspecified atom stereocenters. The van der Waals surface area contributed by atoms with E-state index in [4.69, 9.17) is 14.2 Å². The third-order valence-corrected chi connectivity index (χ3v) is 6.39. The Labute approximate surface area is 225 Å². The van der Waals surface area contributed by atoms with E-state index in [1.807, 2.05) is 25.9 Å². The fraction of sp³-hybridized carbons (Fsp3) is 0.400. The number of aliphatic hydroxyl groups excluding tert-OH is 1. The summed E-state index contributed by atoms with van der Waals surface area (Å²) in [5.74, 6) is 0.0778. The van der Waals surface area contributed by atoms with Crippen LogP contribution in [-0.4, -0.2) is 74.1 Å². The van der Waals surface area contributed by atoms with E-state index < -0.39 is 17.7 Å². The summed E-state index contributed by atoms with van der Waals surface area (Å²) in [5.41, 5.74) is 1.94. The SMILES string of the molecule is C=CCOc1ccc(C2C(=C(O)c3ccc(OCCCC)c(C)c3)C(=O)C(=O)N2CCN(C)C)cc1OC. The Bertz CT molecular complexity index is 1200. The minimum absolute atomic E-state index is 0.0367. The Morgan fingerprint density at radius 1 is 1.11 bits per heavy atom. The molecule has 204 valence electrons. The van der Waals surface area contributed by atoms with Crippen molar-refractivity contribution in [3.8, 4) is 17.2 Å². The molecule has 0 bridgehead atoms. The first kappa shape index (κ1) is 28.8. The van der Waals surface area contributed by atoms with Gasteiger partial charge >= 0.3 is 0 Å². The fourth-order valence-corrected chi connectivity index (χ4v) is 4.33. The lowest BCUT2D eigenvalue weighted by atomic mass is 9.94. The van der Waals surface area contributed by atoms with Crippen LogP contribution in [0.2, 0.25) is 0 Å². The molecule has 0 aliphatic carbocycles. The highest BCUT2D eigenvalue weighted by Gasteiger charge is 2.46. The Kier molecular flexibility index (Phi) is 9.96. The van der Waals surface area contributed by atoms with Crippen LogP contribution in [0.5, 0.6) is 17.2 Å². The largest absolute Gasteiger partial charge is 0.507 e. The van der Waals surface area contributed by atoms with Gasteiger partial charge in [0.2, 0.25) is 0 Å². The standard InChI is InChI=1S/C30H38N2O6/c1-7-9-17-38-23-12-11-22(18-20(23)3)28(33)26-27(32(15-14-31(4)5)30(35)29(26)34)21-10-13-24(37-16-8-2)25(19-21)36-6/h8,10-13,18-19,27,33H,2,7,9,14-17H2,1,3-6H3. The second kappa shape index (κ2) is 13.1. The van der Waals surface area contributed by atoms with Gasteiger partial charge in [-0.2, -0.15) is 0 Å². The number of rotatable bonds is 13. The fourth-order valence-electron chi connectivity index (χ4n) is 4.33. The molecule has 1 atom stereocenters. The second-order valence-corrected chi connectivity index (χ2v) is 9.49. The van der Waals surface area contributed by atoms with Gasteiger partial charge in [-0.3, -0.25) is 9.59 Å². The van der Waals surface area contributed by atoms with Crippen LogP contribution in [0.25, 0.3) is 5.76 Å². The molecule has 0 radical (unpaired) electrons. The molecule has 0 aromatic heterocycles. The molecule has 1 aliphatic rings. The van der Waals surface area contributed by atoms with E-state index in [2.05, 4.69) is 13.5 Å². The van der Waals surface area contributed by atoms with Crippen LogP contribution < -0.4 is 14.2 Å². The van der Waals surface area contributed by atoms with Crippen LogP contribution in [0, 0.1) is 6.92 Å². The zero-order chi connectivity index (χ0) is 27.8. The first-order valence-electron chi connectivity index (χ1n) is 12.8. The van der Waals surface area contributed by atoms with Gasteiger partial charge in [-0.1, -0.05) is 32.1 Å². The summed E-state index contributed by atoms with van der Waals surface area (Å²) >= 11 is 0. The summed E-state index contributed by atoms with van der Waals surface area (Å²) in [6, 6.07) is 9.72. The molecule has 2 aromatic carbocycles. The number of unbranched alkanes of at least 4 members (excludes halogenated alkanes) is 1. The van der Waals surface area contributed by atoms with Gasteiger partial charge in [-0.15, -0.1) is 0 Å². The number of ether oxygens (including phenoxy) is 3. The van der Waals surface area contributed by atoms with E-state index >= 15 is 0 Å². The summed E-state index contributed by atoms with van der Waals surface area (Å²) in [6.07, 6.45) is 3.60. The topological polar surface area (TPSA) is 88.5 Å². The number of ketones is 1. The summed E-state index contributed by atoms with van der Waals surface area (Å²) in [5, 5.41) is 11.4. The van der Waals surface area contributed by atoms with Crippen molar-refractivity contribution in [2.45, 2.75) is 32.7 Å². The van der Waals surface area contributed by atoms with Gasteiger partial charge in [0.05, 0.1) is 25.3 Å². The number of benzene rings is 2. The Morgan fingerprint density at radius 3 is 2.47 bits per heavy atom. The highest BCUT2D eigenvalue weighted by Crippen LogP contribution is 2.42. The molecule has 3 rings (SSSR count). The Morgan fingerprint density at radius 2 is 1.84 bits per heavy atom. The third kappa shape index (κ3) is 6.37. The van der Waals surface area contributed by atoms with E-state index in [1.54, 1.807) is 42.5 Å². The van der Waals surface area contributed by atoms with Crippen LogP contribution in [0.3, 0.4) is 0 Å². The Balaban J connectivity index is 2.10. The molecule has 0 saturated carbocycles. The number of amides is 1. The smallest absolute Gasteiger partial charge is 0.295 e. The van der Waals surface area contributed by atoms with E-state index in [-0.39, 0.29) is 11.3 Å². The van der Waals surface area contributed by atoms with Crippen LogP contribution >= 0.6 is 0 Å². The van der Waals surface area contributed by atoms with Gasteiger partial charge in [0, 0.05) is 18.7 Å². The molecule has 1 aliphatic heterocycles. The molecule has 0 spiro atoms. The lowest BCUT2D eigenvalue weighted by molar-refractivity contribution is -0.140. The molecule has 1 fully saturated rings. The zero-order valence-electron chi connectivity index (χ0n) is 23.0. The number of hydrogen-bond acceptors (Lipinski definition) is 7. The molecular formula is C30H38N2O6. The molecule has 2 aromatic rings. The number of aryl methyl sites for hydroxylation is 1. The molecule has 8 nitrogen and oxygen atoms in total. The van der Waals surface area contributed by atoms with Gasteiger partial charge < -0.3 is 29.1 Å². The number of aliphatic hydroxyl groups is 1. The van der Waals surface area contributed by atoms with Crippen molar-refractivity contribution in [3.05, 3.63) is 71.3 Å². The van der Waals surface area contributed by atoms with Crippen molar-refractivity contribution in [2.75, 3.05) is 47.5 Å². The minimum atomic E-state index is -0.793. The molecule has 38 heavy (non-hydrogen) atoms. The first-order chi connectivity index (χ1) is 18.2. The second-order valence-electron chi connectivity index (χ2n) is 9.49. The van der Waals surface area contributed by atoms with Crippen LogP contribution in [0.15, 0.2) is 54.6 Å². The highest BCUT2D eigenvalue weighted by molar-refractivity contribution is 6.46. The number of likely N-dealkylation sites (tertiary alicyclic amines) is 1. The van der Waals surface area contributed by atoms with E-state index in [1.165, 1.54) is 12.0 Å². The molecule has 1 heterocycles.